The standard InChI is InChI=1S/C11H11F3N4/c12-11(13,14)9-4-10-16-5-7(6-18(10)17-9)8-2-1-3-15-8/h4-6,8,15H,1-3H2. The summed E-state index contributed by atoms with van der Waals surface area (Å²) in [5.41, 5.74) is 0.174. The monoisotopic (exact) mass is 256 g/mol. The first kappa shape index (κ1) is 11.5. The Bertz CT molecular complexity index is 569. The van der Waals surface area contributed by atoms with Crippen LogP contribution in [0.1, 0.15) is 30.1 Å². The minimum absolute atomic E-state index is 0.167. The summed E-state index contributed by atoms with van der Waals surface area (Å²) in [5.74, 6) is 0. The molecular formula is C11H11F3N4. The van der Waals surface area contributed by atoms with Crippen LogP contribution in [0, 0.1) is 0 Å². The third kappa shape index (κ3) is 1.94. The molecule has 2 aromatic rings. The topological polar surface area (TPSA) is 42.2 Å². The maximum Gasteiger partial charge on any atom is 0.435 e. The van der Waals surface area contributed by atoms with E-state index in [0.717, 1.165) is 31.0 Å². The molecular weight excluding hydrogens is 245 g/mol. The summed E-state index contributed by atoms with van der Waals surface area (Å²) < 4.78 is 38.7. The van der Waals surface area contributed by atoms with Crippen LogP contribution in [0.2, 0.25) is 0 Å². The number of aromatic nitrogens is 3. The molecule has 0 aliphatic carbocycles. The number of nitrogens with zero attached hydrogens (tertiary/aromatic N) is 3. The van der Waals surface area contributed by atoms with Gasteiger partial charge >= 0.3 is 6.18 Å². The number of hydrogen-bond acceptors (Lipinski definition) is 3. The van der Waals surface area contributed by atoms with Crippen LogP contribution in [0.25, 0.3) is 5.65 Å². The van der Waals surface area contributed by atoms with E-state index in [1.165, 1.54) is 4.52 Å². The minimum atomic E-state index is -4.43. The van der Waals surface area contributed by atoms with Gasteiger partial charge in [0.2, 0.25) is 0 Å². The van der Waals surface area contributed by atoms with Crippen LogP contribution in [0.4, 0.5) is 13.2 Å². The Kier molecular flexibility index (Phi) is 2.51. The first-order chi connectivity index (χ1) is 8.54. The number of alkyl halides is 3. The lowest BCUT2D eigenvalue weighted by atomic mass is 10.1. The van der Waals surface area contributed by atoms with Gasteiger partial charge in [-0.05, 0) is 19.4 Å². The molecule has 1 N–H and O–H groups in total. The van der Waals surface area contributed by atoms with Crippen LogP contribution in [0.5, 0.6) is 0 Å². The quantitative estimate of drug-likeness (QED) is 0.850. The molecule has 3 rings (SSSR count). The van der Waals surface area contributed by atoms with Crippen LogP contribution in [-0.4, -0.2) is 21.1 Å². The number of rotatable bonds is 1. The lowest BCUT2D eigenvalue weighted by molar-refractivity contribution is -0.141. The first-order valence-electron chi connectivity index (χ1n) is 5.70. The summed E-state index contributed by atoms with van der Waals surface area (Å²) in [7, 11) is 0. The highest BCUT2D eigenvalue weighted by molar-refractivity contribution is 5.40. The molecule has 0 bridgehead atoms. The van der Waals surface area contributed by atoms with Crippen LogP contribution in [0.15, 0.2) is 18.5 Å². The van der Waals surface area contributed by atoms with E-state index in [2.05, 4.69) is 15.4 Å². The molecule has 18 heavy (non-hydrogen) atoms. The highest BCUT2D eigenvalue weighted by Crippen LogP contribution is 2.29. The van der Waals surface area contributed by atoms with Gasteiger partial charge in [-0.15, -0.1) is 0 Å². The van der Waals surface area contributed by atoms with Gasteiger partial charge in [0.15, 0.2) is 11.3 Å². The van der Waals surface area contributed by atoms with E-state index in [4.69, 9.17) is 0 Å². The van der Waals surface area contributed by atoms with Crippen LogP contribution >= 0.6 is 0 Å². The largest absolute Gasteiger partial charge is 0.435 e. The van der Waals surface area contributed by atoms with E-state index in [-0.39, 0.29) is 11.7 Å². The van der Waals surface area contributed by atoms with Crippen molar-refractivity contribution < 1.29 is 13.2 Å². The zero-order chi connectivity index (χ0) is 12.8. The predicted octanol–water partition coefficient (Wildman–Crippen LogP) is 2.17. The van der Waals surface area contributed by atoms with Gasteiger partial charge in [0, 0.05) is 30.1 Å². The van der Waals surface area contributed by atoms with Gasteiger partial charge in [-0.25, -0.2) is 9.50 Å². The molecule has 1 unspecified atom stereocenters. The van der Waals surface area contributed by atoms with E-state index in [9.17, 15) is 13.2 Å². The summed E-state index contributed by atoms with van der Waals surface area (Å²) in [6.45, 7) is 0.926. The molecule has 1 fully saturated rings. The van der Waals surface area contributed by atoms with Gasteiger partial charge in [0.1, 0.15) is 0 Å². The van der Waals surface area contributed by atoms with Gasteiger partial charge in [-0.3, -0.25) is 0 Å². The Morgan fingerprint density at radius 3 is 2.89 bits per heavy atom. The zero-order valence-electron chi connectivity index (χ0n) is 9.41. The predicted molar refractivity (Wildman–Crippen MR) is 58.0 cm³/mol. The minimum Gasteiger partial charge on any atom is -0.310 e. The van der Waals surface area contributed by atoms with Gasteiger partial charge in [-0.2, -0.15) is 18.3 Å². The Hall–Kier alpha value is -1.63. The molecule has 0 aromatic carbocycles. The summed E-state index contributed by atoms with van der Waals surface area (Å²) in [5, 5.41) is 6.79. The molecule has 0 amide bonds. The van der Waals surface area contributed by atoms with E-state index >= 15 is 0 Å². The van der Waals surface area contributed by atoms with Crippen molar-refractivity contribution in [2.75, 3.05) is 6.54 Å². The Morgan fingerprint density at radius 1 is 1.39 bits per heavy atom. The van der Waals surface area contributed by atoms with E-state index in [1.807, 2.05) is 0 Å². The molecule has 1 aliphatic heterocycles. The Morgan fingerprint density at radius 2 is 2.22 bits per heavy atom. The number of halogens is 3. The average molecular weight is 256 g/mol. The zero-order valence-corrected chi connectivity index (χ0v) is 9.41. The molecule has 1 atom stereocenters. The Labute approximate surface area is 101 Å². The third-order valence-electron chi connectivity index (χ3n) is 3.09. The van der Waals surface area contributed by atoms with Crippen LogP contribution in [0.3, 0.4) is 0 Å². The number of nitrogens with one attached hydrogen (secondary N) is 1. The van der Waals surface area contributed by atoms with Gasteiger partial charge in [0.25, 0.3) is 0 Å². The SMILES string of the molecule is FC(F)(F)c1cc2ncc(C3CCCN3)cn2n1. The second kappa shape index (κ2) is 3.94. The molecule has 0 radical (unpaired) electrons. The van der Waals surface area contributed by atoms with E-state index in [0.29, 0.717) is 0 Å². The summed E-state index contributed by atoms with van der Waals surface area (Å²) in [4.78, 5) is 4.02. The van der Waals surface area contributed by atoms with Crippen molar-refractivity contribution in [2.24, 2.45) is 0 Å². The second-order valence-corrected chi connectivity index (χ2v) is 4.37. The summed E-state index contributed by atoms with van der Waals surface area (Å²) >= 11 is 0. The van der Waals surface area contributed by atoms with Crippen LogP contribution in [-0.2, 0) is 6.18 Å². The fourth-order valence-electron chi connectivity index (χ4n) is 2.18. The third-order valence-corrected chi connectivity index (χ3v) is 3.09. The maximum absolute atomic E-state index is 12.5. The molecule has 3 heterocycles. The van der Waals surface area contributed by atoms with Crippen molar-refractivity contribution in [3.05, 3.63) is 29.7 Å². The first-order valence-corrected chi connectivity index (χ1v) is 5.70. The van der Waals surface area contributed by atoms with Crippen molar-refractivity contribution in [2.45, 2.75) is 25.1 Å². The van der Waals surface area contributed by atoms with Gasteiger partial charge in [0.05, 0.1) is 0 Å². The van der Waals surface area contributed by atoms with E-state index in [1.54, 1.807) is 12.4 Å². The fourth-order valence-corrected chi connectivity index (χ4v) is 2.18. The molecule has 4 nitrogen and oxygen atoms in total. The molecule has 96 valence electrons. The molecule has 2 aromatic heterocycles. The second-order valence-electron chi connectivity index (χ2n) is 4.37. The van der Waals surface area contributed by atoms with Crippen molar-refractivity contribution in [3.63, 3.8) is 0 Å². The molecule has 7 heteroatoms. The summed E-state index contributed by atoms with van der Waals surface area (Å²) in [6, 6.07) is 1.12. The average Bonchev–Trinajstić information content (AvgIpc) is 2.96. The number of hydrogen-bond donors (Lipinski definition) is 1. The summed E-state index contributed by atoms with van der Waals surface area (Å²) in [6.07, 6.45) is 0.830. The maximum atomic E-state index is 12.5. The van der Waals surface area contributed by atoms with Crippen molar-refractivity contribution in [1.82, 2.24) is 19.9 Å². The van der Waals surface area contributed by atoms with Crippen molar-refractivity contribution in [3.8, 4) is 0 Å². The van der Waals surface area contributed by atoms with Gasteiger partial charge < -0.3 is 5.32 Å². The molecule has 0 spiro atoms. The lowest BCUT2D eigenvalue weighted by Crippen LogP contribution is -2.14. The highest BCUT2D eigenvalue weighted by atomic mass is 19.4. The van der Waals surface area contributed by atoms with Crippen LogP contribution < -0.4 is 5.32 Å². The van der Waals surface area contributed by atoms with Crippen molar-refractivity contribution in [1.29, 1.82) is 0 Å². The molecule has 1 saturated heterocycles. The lowest BCUT2D eigenvalue weighted by Gasteiger charge is -2.09. The molecule has 1 aliphatic rings. The van der Waals surface area contributed by atoms with Crippen molar-refractivity contribution >= 4 is 5.65 Å². The normalized spacial score (nSPS) is 20.7. The smallest absolute Gasteiger partial charge is 0.310 e. The van der Waals surface area contributed by atoms with Gasteiger partial charge in [-0.1, -0.05) is 0 Å². The number of fused-ring (bicyclic) bond motifs is 1. The Balaban J connectivity index is 2.01. The molecule has 0 saturated carbocycles. The highest BCUT2D eigenvalue weighted by Gasteiger charge is 2.34. The van der Waals surface area contributed by atoms with E-state index < -0.39 is 11.9 Å². The fraction of sp³-hybridized carbons (Fsp3) is 0.455.